The van der Waals surface area contributed by atoms with Crippen molar-refractivity contribution in [3.8, 4) is 11.4 Å². The number of rotatable bonds is 2. The van der Waals surface area contributed by atoms with Gasteiger partial charge in [0.15, 0.2) is 11.6 Å². The van der Waals surface area contributed by atoms with Crippen molar-refractivity contribution < 1.29 is 4.39 Å². The summed E-state index contributed by atoms with van der Waals surface area (Å²) in [5, 5.41) is 2.97. The number of aryl methyl sites for hydroxylation is 1. The number of hydrogen-bond donors (Lipinski definition) is 1. The smallest absolute Gasteiger partial charge is 0.164 e. The van der Waals surface area contributed by atoms with Crippen molar-refractivity contribution in [2.45, 2.75) is 6.92 Å². The van der Waals surface area contributed by atoms with Gasteiger partial charge in [0.2, 0.25) is 0 Å². The average molecular weight is 252 g/mol. The zero-order valence-corrected chi connectivity index (χ0v) is 10.2. The van der Waals surface area contributed by atoms with Crippen molar-refractivity contribution in [2.75, 3.05) is 12.4 Å². The summed E-state index contributed by atoms with van der Waals surface area (Å²) in [4.78, 5) is 8.41. The molecule has 5 heteroatoms. The minimum Gasteiger partial charge on any atom is -0.373 e. The van der Waals surface area contributed by atoms with Gasteiger partial charge in [-0.05, 0) is 19.1 Å². The van der Waals surface area contributed by atoms with Crippen molar-refractivity contribution in [2.24, 2.45) is 0 Å². The number of nitrogens with one attached hydrogen (secondary N) is 1. The van der Waals surface area contributed by atoms with Gasteiger partial charge in [0.1, 0.15) is 5.82 Å². The second-order valence-corrected chi connectivity index (χ2v) is 3.98. The van der Waals surface area contributed by atoms with E-state index in [9.17, 15) is 4.39 Å². The Bertz CT molecular complexity index is 557. The lowest BCUT2D eigenvalue weighted by molar-refractivity contribution is 0.630. The van der Waals surface area contributed by atoms with Crippen LogP contribution in [0.25, 0.3) is 11.4 Å². The molecule has 0 unspecified atom stereocenters. The number of hydrogen-bond acceptors (Lipinski definition) is 3. The molecule has 0 atom stereocenters. The van der Waals surface area contributed by atoms with Gasteiger partial charge in [0.05, 0.1) is 10.6 Å². The van der Waals surface area contributed by atoms with Crippen LogP contribution in [0.4, 0.5) is 10.2 Å². The van der Waals surface area contributed by atoms with Crippen LogP contribution in [0.2, 0.25) is 5.02 Å². The maximum atomic E-state index is 13.8. The van der Waals surface area contributed by atoms with Crippen molar-refractivity contribution in [1.29, 1.82) is 0 Å². The first-order valence-electron chi connectivity index (χ1n) is 5.09. The van der Waals surface area contributed by atoms with E-state index >= 15 is 0 Å². The Morgan fingerprint density at radius 1 is 1.29 bits per heavy atom. The lowest BCUT2D eigenvalue weighted by Crippen LogP contribution is -1.99. The molecule has 0 aliphatic heterocycles. The largest absolute Gasteiger partial charge is 0.373 e. The van der Waals surface area contributed by atoms with Crippen molar-refractivity contribution in [3.63, 3.8) is 0 Å². The zero-order chi connectivity index (χ0) is 12.4. The average Bonchev–Trinajstić information content (AvgIpc) is 2.31. The fourth-order valence-corrected chi connectivity index (χ4v) is 1.67. The van der Waals surface area contributed by atoms with Gasteiger partial charge in [-0.3, -0.25) is 0 Å². The van der Waals surface area contributed by atoms with Gasteiger partial charge in [0.25, 0.3) is 0 Å². The number of nitrogens with zero attached hydrogens (tertiary/aromatic N) is 2. The molecule has 0 amide bonds. The quantitative estimate of drug-likeness (QED) is 0.890. The molecule has 0 radical (unpaired) electrons. The molecular weight excluding hydrogens is 241 g/mol. The van der Waals surface area contributed by atoms with Crippen LogP contribution in [0.3, 0.4) is 0 Å². The molecular formula is C12H11ClFN3. The van der Waals surface area contributed by atoms with Gasteiger partial charge in [-0.1, -0.05) is 17.7 Å². The topological polar surface area (TPSA) is 37.8 Å². The Labute approximate surface area is 104 Å². The highest BCUT2D eigenvalue weighted by molar-refractivity contribution is 6.31. The first-order valence-corrected chi connectivity index (χ1v) is 5.47. The van der Waals surface area contributed by atoms with Crippen LogP contribution in [0, 0.1) is 12.7 Å². The molecule has 1 aromatic heterocycles. The van der Waals surface area contributed by atoms with E-state index in [2.05, 4.69) is 15.3 Å². The molecule has 2 aromatic rings. The van der Waals surface area contributed by atoms with Crippen LogP contribution in [0.1, 0.15) is 5.69 Å². The summed E-state index contributed by atoms with van der Waals surface area (Å²) >= 11 is 5.73. The number of aromatic nitrogens is 2. The van der Waals surface area contributed by atoms with Crippen LogP contribution in [0.15, 0.2) is 24.3 Å². The monoisotopic (exact) mass is 251 g/mol. The molecule has 0 spiro atoms. The van der Waals surface area contributed by atoms with E-state index < -0.39 is 5.82 Å². The maximum Gasteiger partial charge on any atom is 0.164 e. The third kappa shape index (κ3) is 2.36. The van der Waals surface area contributed by atoms with Gasteiger partial charge >= 0.3 is 0 Å². The van der Waals surface area contributed by atoms with E-state index in [0.29, 0.717) is 17.2 Å². The Morgan fingerprint density at radius 3 is 2.76 bits per heavy atom. The van der Waals surface area contributed by atoms with Crippen LogP contribution in [-0.2, 0) is 0 Å². The van der Waals surface area contributed by atoms with Gasteiger partial charge in [0, 0.05) is 18.8 Å². The van der Waals surface area contributed by atoms with Crippen molar-refractivity contribution >= 4 is 17.4 Å². The summed E-state index contributed by atoms with van der Waals surface area (Å²) in [6, 6.07) is 6.56. The minimum absolute atomic E-state index is 0.0682. The standard InChI is InChI=1S/C12H11ClFN3/c1-7-6-10(15-2)17-12(16-7)8-4-3-5-9(13)11(8)14/h3-6H,1-2H3,(H,15,16,17). The molecule has 1 N–H and O–H groups in total. The Morgan fingerprint density at radius 2 is 2.06 bits per heavy atom. The van der Waals surface area contributed by atoms with Gasteiger partial charge in [-0.25, -0.2) is 14.4 Å². The van der Waals surface area contributed by atoms with E-state index in [4.69, 9.17) is 11.6 Å². The fraction of sp³-hybridized carbons (Fsp3) is 0.167. The Kier molecular flexibility index (Phi) is 3.24. The fourth-order valence-electron chi connectivity index (χ4n) is 1.49. The third-order valence-corrected chi connectivity index (χ3v) is 2.59. The number of halogens is 2. The number of anilines is 1. The first-order chi connectivity index (χ1) is 8.11. The van der Waals surface area contributed by atoms with E-state index in [1.165, 1.54) is 6.07 Å². The van der Waals surface area contributed by atoms with Crippen LogP contribution in [-0.4, -0.2) is 17.0 Å². The molecule has 2 rings (SSSR count). The van der Waals surface area contributed by atoms with Crippen LogP contribution < -0.4 is 5.32 Å². The molecule has 1 aromatic carbocycles. The molecule has 1 heterocycles. The van der Waals surface area contributed by atoms with Crippen LogP contribution >= 0.6 is 11.6 Å². The SMILES string of the molecule is CNc1cc(C)nc(-c2cccc(Cl)c2F)n1. The van der Waals surface area contributed by atoms with Gasteiger partial charge < -0.3 is 5.32 Å². The Balaban J connectivity index is 2.60. The summed E-state index contributed by atoms with van der Waals surface area (Å²) in [5.74, 6) is 0.475. The summed E-state index contributed by atoms with van der Waals surface area (Å²) in [7, 11) is 1.75. The summed E-state index contributed by atoms with van der Waals surface area (Å²) in [6.07, 6.45) is 0. The summed E-state index contributed by atoms with van der Waals surface area (Å²) in [5.41, 5.74) is 1.07. The second kappa shape index (κ2) is 4.67. The molecule has 0 aliphatic carbocycles. The highest BCUT2D eigenvalue weighted by atomic mass is 35.5. The first kappa shape index (κ1) is 11.8. The second-order valence-electron chi connectivity index (χ2n) is 3.57. The highest BCUT2D eigenvalue weighted by Gasteiger charge is 2.12. The molecule has 0 saturated heterocycles. The van der Waals surface area contributed by atoms with Crippen LogP contribution in [0.5, 0.6) is 0 Å². The normalized spacial score (nSPS) is 10.4. The van der Waals surface area contributed by atoms with Crippen molar-refractivity contribution in [3.05, 3.63) is 40.8 Å². The molecule has 0 fully saturated rings. The summed E-state index contributed by atoms with van der Waals surface area (Å²) < 4.78 is 13.8. The summed E-state index contributed by atoms with van der Waals surface area (Å²) in [6.45, 7) is 1.83. The molecule has 3 nitrogen and oxygen atoms in total. The zero-order valence-electron chi connectivity index (χ0n) is 9.46. The predicted molar refractivity (Wildman–Crippen MR) is 66.7 cm³/mol. The highest BCUT2D eigenvalue weighted by Crippen LogP contribution is 2.25. The molecule has 17 heavy (non-hydrogen) atoms. The molecule has 88 valence electrons. The van der Waals surface area contributed by atoms with E-state index in [1.54, 1.807) is 25.2 Å². The minimum atomic E-state index is -0.498. The predicted octanol–water partition coefficient (Wildman–Crippen LogP) is 3.29. The maximum absolute atomic E-state index is 13.8. The Hall–Kier alpha value is -1.68. The third-order valence-electron chi connectivity index (χ3n) is 2.30. The van der Waals surface area contributed by atoms with E-state index in [-0.39, 0.29) is 5.02 Å². The van der Waals surface area contributed by atoms with Gasteiger partial charge in [-0.2, -0.15) is 0 Å². The number of benzene rings is 1. The molecule has 0 saturated carbocycles. The van der Waals surface area contributed by atoms with Gasteiger partial charge in [-0.15, -0.1) is 0 Å². The van der Waals surface area contributed by atoms with E-state index in [1.807, 2.05) is 6.92 Å². The van der Waals surface area contributed by atoms with E-state index in [0.717, 1.165) is 5.69 Å². The lowest BCUT2D eigenvalue weighted by Gasteiger charge is -2.07. The molecule has 0 aliphatic rings. The van der Waals surface area contributed by atoms with Crippen molar-refractivity contribution in [1.82, 2.24) is 9.97 Å². The lowest BCUT2D eigenvalue weighted by atomic mass is 10.2. The molecule has 0 bridgehead atoms.